The molecule has 1 unspecified atom stereocenters. The average molecular weight is 531 g/mol. The zero-order chi connectivity index (χ0) is 19.3. The number of hydrogen-bond donors (Lipinski definition) is 2. The minimum absolute atomic E-state index is 0. The van der Waals surface area contributed by atoms with Gasteiger partial charge in [0, 0.05) is 58.6 Å². The summed E-state index contributed by atoms with van der Waals surface area (Å²) in [7, 11) is 5.89. The molecule has 0 aromatic carbocycles. The fraction of sp³-hybridized carbons (Fsp3) is 0.722. The number of nitrogens with zero attached hydrogens (tertiary/aromatic N) is 4. The number of guanidine groups is 1. The van der Waals surface area contributed by atoms with Crippen molar-refractivity contribution in [3.63, 3.8) is 0 Å². The second-order valence-electron chi connectivity index (χ2n) is 7.29. The van der Waals surface area contributed by atoms with Gasteiger partial charge in [-0.3, -0.25) is 9.89 Å². The van der Waals surface area contributed by atoms with E-state index in [4.69, 9.17) is 23.2 Å². The van der Waals surface area contributed by atoms with Gasteiger partial charge in [0.25, 0.3) is 0 Å². The summed E-state index contributed by atoms with van der Waals surface area (Å²) in [5.74, 6) is 1.37. The first-order valence-electron chi connectivity index (χ1n) is 9.20. The summed E-state index contributed by atoms with van der Waals surface area (Å²) in [6.07, 6.45) is 0. The Kier molecular flexibility index (Phi) is 10.8. The predicted octanol–water partition coefficient (Wildman–Crippen LogP) is 2.89. The molecule has 156 valence electrons. The summed E-state index contributed by atoms with van der Waals surface area (Å²) in [5, 5.41) is 7.95. The van der Waals surface area contributed by atoms with Gasteiger partial charge in [-0.2, -0.15) is 0 Å². The molecule has 6 nitrogen and oxygen atoms in total. The molecule has 0 amide bonds. The molecule has 1 saturated heterocycles. The van der Waals surface area contributed by atoms with E-state index >= 15 is 0 Å². The van der Waals surface area contributed by atoms with Gasteiger partial charge < -0.3 is 20.1 Å². The second kappa shape index (κ2) is 11.7. The lowest BCUT2D eigenvalue weighted by molar-refractivity contribution is 0.0900. The summed E-state index contributed by atoms with van der Waals surface area (Å²) in [6.45, 7) is 10.6. The lowest BCUT2D eigenvalue weighted by Crippen LogP contribution is -2.55. The van der Waals surface area contributed by atoms with Crippen molar-refractivity contribution < 1.29 is 0 Å². The van der Waals surface area contributed by atoms with Crippen LogP contribution in [0, 0.1) is 5.92 Å². The number of nitrogens with one attached hydrogen (secondary N) is 2. The van der Waals surface area contributed by atoms with Gasteiger partial charge in [-0.05, 0) is 19.0 Å². The van der Waals surface area contributed by atoms with E-state index in [2.05, 4.69) is 46.3 Å². The summed E-state index contributed by atoms with van der Waals surface area (Å²) < 4.78 is 1.88. The van der Waals surface area contributed by atoms with E-state index in [0.29, 0.717) is 28.7 Å². The van der Waals surface area contributed by atoms with Gasteiger partial charge in [-0.1, -0.05) is 37.0 Å². The van der Waals surface area contributed by atoms with Gasteiger partial charge in [-0.15, -0.1) is 24.0 Å². The number of likely N-dealkylation sites (N-methyl/N-ethyl adjacent to an activating group) is 1. The summed E-state index contributed by atoms with van der Waals surface area (Å²) in [4.78, 5) is 9.31. The van der Waals surface area contributed by atoms with Gasteiger partial charge in [0.05, 0.1) is 11.6 Å². The molecule has 9 heteroatoms. The molecule has 0 aliphatic carbocycles. The molecule has 1 aliphatic rings. The molecule has 1 aromatic heterocycles. The van der Waals surface area contributed by atoms with Gasteiger partial charge in [-0.25, -0.2) is 0 Å². The molecule has 0 bridgehead atoms. The third-order valence-corrected chi connectivity index (χ3v) is 5.97. The Morgan fingerprint density at radius 1 is 1.15 bits per heavy atom. The molecule has 27 heavy (non-hydrogen) atoms. The quantitative estimate of drug-likeness (QED) is 0.337. The van der Waals surface area contributed by atoms with E-state index in [-0.39, 0.29) is 24.0 Å². The van der Waals surface area contributed by atoms with Crippen LogP contribution in [0.25, 0.3) is 0 Å². The van der Waals surface area contributed by atoms with Crippen molar-refractivity contribution >= 4 is 53.1 Å². The topological polar surface area (TPSA) is 47.8 Å². The molecule has 0 radical (unpaired) electrons. The highest BCUT2D eigenvalue weighted by atomic mass is 127. The first kappa shape index (κ1) is 24.8. The average Bonchev–Trinajstić information content (AvgIpc) is 2.86. The van der Waals surface area contributed by atoms with Crippen LogP contribution in [0.15, 0.2) is 11.1 Å². The molecule has 1 atom stereocenters. The number of rotatable bonds is 6. The van der Waals surface area contributed by atoms with Crippen LogP contribution < -0.4 is 10.6 Å². The van der Waals surface area contributed by atoms with Crippen molar-refractivity contribution in [1.29, 1.82) is 0 Å². The molecular weight excluding hydrogens is 498 g/mol. The maximum absolute atomic E-state index is 6.13. The number of halogens is 3. The zero-order valence-corrected chi connectivity index (χ0v) is 20.8. The number of piperazine rings is 1. The lowest BCUT2D eigenvalue weighted by atomic mass is 10.0. The van der Waals surface area contributed by atoms with Crippen LogP contribution in [0.4, 0.5) is 0 Å². The van der Waals surface area contributed by atoms with Crippen LogP contribution in [0.2, 0.25) is 10.2 Å². The Labute approximate surface area is 190 Å². The van der Waals surface area contributed by atoms with Crippen molar-refractivity contribution in [3.8, 4) is 0 Å². The summed E-state index contributed by atoms with van der Waals surface area (Å²) in [6, 6.07) is 2.37. The number of aliphatic imine (C=N–C) groups is 1. The highest BCUT2D eigenvalue weighted by molar-refractivity contribution is 14.0. The zero-order valence-electron chi connectivity index (χ0n) is 16.9. The minimum Gasteiger partial charge on any atom is -0.355 e. The lowest BCUT2D eigenvalue weighted by Gasteiger charge is -2.40. The molecule has 2 N–H and O–H groups in total. The predicted molar refractivity (Wildman–Crippen MR) is 127 cm³/mol. The minimum atomic E-state index is 0. The third-order valence-electron chi connectivity index (χ3n) is 5.13. The molecule has 2 rings (SSSR count). The fourth-order valence-electron chi connectivity index (χ4n) is 3.29. The largest absolute Gasteiger partial charge is 0.355 e. The normalized spacial score (nSPS) is 17.7. The summed E-state index contributed by atoms with van der Waals surface area (Å²) in [5.41, 5.74) is 1.02. The number of hydrogen-bond acceptors (Lipinski definition) is 3. The number of aromatic nitrogens is 1. The molecule has 1 aromatic rings. The monoisotopic (exact) mass is 530 g/mol. The summed E-state index contributed by atoms with van der Waals surface area (Å²) >= 11 is 12.2. The highest BCUT2D eigenvalue weighted by Crippen LogP contribution is 2.24. The molecule has 2 heterocycles. The van der Waals surface area contributed by atoms with Gasteiger partial charge in [0.2, 0.25) is 0 Å². The molecule has 1 aliphatic heterocycles. The van der Waals surface area contributed by atoms with Gasteiger partial charge >= 0.3 is 0 Å². The molecule has 0 saturated carbocycles. The van der Waals surface area contributed by atoms with Gasteiger partial charge in [0.1, 0.15) is 5.15 Å². The van der Waals surface area contributed by atoms with Crippen molar-refractivity contribution in [2.45, 2.75) is 26.4 Å². The maximum atomic E-state index is 6.13. The third kappa shape index (κ3) is 6.96. The maximum Gasteiger partial charge on any atom is 0.191 e. The Morgan fingerprint density at radius 3 is 2.26 bits per heavy atom. The smallest absolute Gasteiger partial charge is 0.191 e. The van der Waals surface area contributed by atoms with E-state index in [1.807, 2.05) is 17.7 Å². The van der Waals surface area contributed by atoms with Crippen LogP contribution in [0.1, 0.15) is 19.5 Å². The Morgan fingerprint density at radius 2 is 1.78 bits per heavy atom. The van der Waals surface area contributed by atoms with Crippen molar-refractivity contribution in [3.05, 3.63) is 21.9 Å². The molecule has 1 fully saturated rings. The van der Waals surface area contributed by atoms with E-state index in [1.165, 1.54) is 0 Å². The Bertz CT molecular complexity index is 611. The first-order chi connectivity index (χ1) is 12.3. The van der Waals surface area contributed by atoms with Crippen LogP contribution in [0.3, 0.4) is 0 Å². The van der Waals surface area contributed by atoms with Crippen molar-refractivity contribution in [2.75, 3.05) is 46.8 Å². The first-order valence-corrected chi connectivity index (χ1v) is 9.95. The van der Waals surface area contributed by atoms with E-state index < -0.39 is 0 Å². The van der Waals surface area contributed by atoms with E-state index in [9.17, 15) is 0 Å². The SMILES string of the molecule is CN=C(NCc1cc(Cl)c(Cl)n1C)NCC(C(C)C)N1CCN(C)CC1.I. The molecule has 0 spiro atoms. The Hall–Kier alpha value is -0.220. The standard InChI is InChI=1S/C18H32Cl2N6.HI/c1-13(2)16(26-8-6-24(4)7-9-26)12-23-18(21-3)22-11-14-10-15(19)17(20)25(14)5;/h10,13,16H,6-9,11-12H2,1-5H3,(H2,21,22,23);1H. The van der Waals surface area contributed by atoms with Crippen LogP contribution >= 0.6 is 47.2 Å². The van der Waals surface area contributed by atoms with E-state index in [0.717, 1.165) is 44.4 Å². The van der Waals surface area contributed by atoms with Crippen LogP contribution in [-0.2, 0) is 13.6 Å². The highest BCUT2D eigenvalue weighted by Gasteiger charge is 2.25. The Balaban J connectivity index is 0.00000364. The fourth-order valence-corrected chi connectivity index (χ4v) is 3.71. The second-order valence-corrected chi connectivity index (χ2v) is 8.06. The van der Waals surface area contributed by atoms with Crippen molar-refractivity contribution in [2.24, 2.45) is 18.0 Å². The van der Waals surface area contributed by atoms with Crippen LogP contribution in [-0.4, -0.2) is 73.2 Å². The van der Waals surface area contributed by atoms with Crippen LogP contribution in [0.5, 0.6) is 0 Å². The molecular formula is C18H33Cl2IN6. The van der Waals surface area contributed by atoms with Crippen molar-refractivity contribution in [1.82, 2.24) is 25.0 Å². The van der Waals surface area contributed by atoms with Gasteiger partial charge in [0.15, 0.2) is 5.96 Å². The van der Waals surface area contributed by atoms with E-state index in [1.54, 1.807) is 7.05 Å².